The van der Waals surface area contributed by atoms with Crippen LogP contribution in [0.15, 0.2) is 24.3 Å². The fourth-order valence-corrected chi connectivity index (χ4v) is 2.27. The molecule has 0 radical (unpaired) electrons. The summed E-state index contributed by atoms with van der Waals surface area (Å²) in [5.74, 6) is -0.486. The predicted molar refractivity (Wildman–Crippen MR) is 75.1 cm³/mol. The number of anilines is 1. The molecule has 1 unspecified atom stereocenters. The smallest absolute Gasteiger partial charge is 0.319 e. The van der Waals surface area contributed by atoms with Crippen molar-refractivity contribution in [2.45, 2.75) is 18.9 Å². The van der Waals surface area contributed by atoms with E-state index in [1.807, 2.05) is 0 Å². The number of carbonyl (C=O) groups excluding carboxylic acids is 1. The van der Waals surface area contributed by atoms with Gasteiger partial charge < -0.3 is 20.6 Å². The molecule has 1 aromatic carbocycles. The molecule has 5 nitrogen and oxygen atoms in total. The molecule has 3 N–H and O–H groups in total. The third-order valence-electron chi connectivity index (χ3n) is 3.29. The van der Waals surface area contributed by atoms with Crippen LogP contribution in [0.2, 0.25) is 0 Å². The second-order valence-corrected chi connectivity index (χ2v) is 4.98. The molecular formula is C14H20FN3O2. The summed E-state index contributed by atoms with van der Waals surface area (Å²) >= 11 is 0. The number of aliphatic hydroxyl groups excluding tert-OH is 1. The van der Waals surface area contributed by atoms with Gasteiger partial charge in [-0.3, -0.25) is 0 Å². The zero-order valence-corrected chi connectivity index (χ0v) is 11.3. The zero-order valence-electron chi connectivity index (χ0n) is 11.3. The first-order chi connectivity index (χ1) is 9.65. The van der Waals surface area contributed by atoms with Crippen LogP contribution in [-0.4, -0.2) is 48.3 Å². The van der Waals surface area contributed by atoms with Crippen LogP contribution in [0.3, 0.4) is 0 Å². The number of rotatable bonds is 5. The Kier molecular flexibility index (Phi) is 5.31. The third-order valence-corrected chi connectivity index (χ3v) is 3.29. The number of hydrogen-bond acceptors (Lipinski definition) is 3. The first-order valence-corrected chi connectivity index (χ1v) is 6.85. The van der Waals surface area contributed by atoms with Gasteiger partial charge in [0.25, 0.3) is 0 Å². The number of aliphatic hydroxyl groups is 1. The number of nitrogens with zero attached hydrogens (tertiary/aromatic N) is 1. The Hall–Kier alpha value is -1.66. The zero-order chi connectivity index (χ0) is 14.4. The van der Waals surface area contributed by atoms with Gasteiger partial charge in [0, 0.05) is 13.1 Å². The number of para-hydroxylation sites is 1. The van der Waals surface area contributed by atoms with E-state index in [4.69, 9.17) is 0 Å². The second kappa shape index (κ2) is 7.21. The normalized spacial score (nSPS) is 16.9. The van der Waals surface area contributed by atoms with E-state index in [9.17, 15) is 14.3 Å². The molecule has 1 atom stereocenters. The van der Waals surface area contributed by atoms with Gasteiger partial charge in [-0.15, -0.1) is 0 Å². The van der Waals surface area contributed by atoms with Crippen molar-refractivity contribution in [3.05, 3.63) is 30.1 Å². The molecule has 1 fully saturated rings. The van der Waals surface area contributed by atoms with Gasteiger partial charge in [-0.2, -0.15) is 0 Å². The van der Waals surface area contributed by atoms with Crippen molar-refractivity contribution in [2.24, 2.45) is 0 Å². The van der Waals surface area contributed by atoms with Gasteiger partial charge in [-0.05, 0) is 38.1 Å². The van der Waals surface area contributed by atoms with E-state index in [0.29, 0.717) is 6.54 Å². The molecule has 20 heavy (non-hydrogen) atoms. The van der Waals surface area contributed by atoms with Gasteiger partial charge in [0.2, 0.25) is 0 Å². The van der Waals surface area contributed by atoms with Crippen molar-refractivity contribution in [1.82, 2.24) is 10.2 Å². The molecule has 0 saturated carbocycles. The molecule has 1 saturated heterocycles. The van der Waals surface area contributed by atoms with Gasteiger partial charge in [0.1, 0.15) is 5.82 Å². The number of hydrogen-bond donors (Lipinski definition) is 3. The first-order valence-electron chi connectivity index (χ1n) is 6.85. The van der Waals surface area contributed by atoms with E-state index in [0.717, 1.165) is 25.9 Å². The molecule has 0 spiro atoms. The number of likely N-dealkylation sites (tertiary alicyclic amines) is 1. The van der Waals surface area contributed by atoms with Crippen molar-refractivity contribution in [3.63, 3.8) is 0 Å². The van der Waals surface area contributed by atoms with Crippen LogP contribution in [0.4, 0.5) is 14.9 Å². The standard InChI is InChI=1S/C14H20FN3O2/c15-12-5-1-2-6-13(12)17-14(20)16-9-11(19)10-18-7-3-4-8-18/h1-2,5-6,11,19H,3-4,7-10H2,(H2,16,17,20). The Labute approximate surface area is 117 Å². The molecule has 110 valence electrons. The fourth-order valence-electron chi connectivity index (χ4n) is 2.27. The highest BCUT2D eigenvalue weighted by atomic mass is 19.1. The van der Waals surface area contributed by atoms with Crippen LogP contribution >= 0.6 is 0 Å². The lowest BCUT2D eigenvalue weighted by atomic mass is 10.3. The fraction of sp³-hybridized carbons (Fsp3) is 0.500. The minimum absolute atomic E-state index is 0.124. The number of β-amino-alcohol motifs (C(OH)–C–C–N with tert-alkyl or cyclic N) is 1. The SMILES string of the molecule is O=C(NCC(O)CN1CCCC1)Nc1ccccc1F. The molecule has 1 aliphatic heterocycles. The molecule has 1 aliphatic rings. The molecule has 2 rings (SSSR count). The van der Waals surface area contributed by atoms with Crippen LogP contribution in [0.5, 0.6) is 0 Å². The lowest BCUT2D eigenvalue weighted by Gasteiger charge is -2.19. The van der Waals surface area contributed by atoms with Crippen LogP contribution in [-0.2, 0) is 0 Å². The summed E-state index contributed by atoms with van der Waals surface area (Å²) in [6.45, 7) is 2.70. The van der Waals surface area contributed by atoms with Gasteiger partial charge in [-0.25, -0.2) is 9.18 Å². The summed E-state index contributed by atoms with van der Waals surface area (Å²) in [7, 11) is 0. The van der Waals surface area contributed by atoms with Gasteiger partial charge in [-0.1, -0.05) is 12.1 Å². The summed E-state index contributed by atoms with van der Waals surface area (Å²) < 4.78 is 13.3. The van der Waals surface area contributed by atoms with Crippen LogP contribution in [0, 0.1) is 5.82 Å². The van der Waals surface area contributed by atoms with Crippen molar-refractivity contribution in [3.8, 4) is 0 Å². The average Bonchev–Trinajstić information content (AvgIpc) is 2.92. The van der Waals surface area contributed by atoms with E-state index < -0.39 is 18.0 Å². The van der Waals surface area contributed by atoms with E-state index in [-0.39, 0.29) is 12.2 Å². The number of amides is 2. The number of carbonyl (C=O) groups is 1. The molecule has 1 aromatic rings. The summed E-state index contributed by atoms with van der Waals surface area (Å²) in [6, 6.07) is 5.43. The first kappa shape index (κ1) is 14.7. The Morgan fingerprint density at radius 3 is 2.75 bits per heavy atom. The Morgan fingerprint density at radius 2 is 2.05 bits per heavy atom. The summed E-state index contributed by atoms with van der Waals surface area (Å²) in [6.07, 6.45) is 1.71. The molecule has 6 heteroatoms. The van der Waals surface area contributed by atoms with Crippen LogP contribution in [0.1, 0.15) is 12.8 Å². The molecule has 0 aromatic heterocycles. The molecule has 0 aliphatic carbocycles. The van der Waals surface area contributed by atoms with Crippen molar-refractivity contribution < 1.29 is 14.3 Å². The maximum absolute atomic E-state index is 13.3. The van der Waals surface area contributed by atoms with Gasteiger partial charge >= 0.3 is 6.03 Å². The van der Waals surface area contributed by atoms with Gasteiger partial charge in [0.05, 0.1) is 11.8 Å². The van der Waals surface area contributed by atoms with E-state index in [1.54, 1.807) is 12.1 Å². The molecule has 0 bridgehead atoms. The van der Waals surface area contributed by atoms with Crippen molar-refractivity contribution >= 4 is 11.7 Å². The topological polar surface area (TPSA) is 64.6 Å². The Bertz CT molecular complexity index is 450. The average molecular weight is 281 g/mol. The third kappa shape index (κ3) is 4.47. The summed E-state index contributed by atoms with van der Waals surface area (Å²) in [5.41, 5.74) is 0.124. The molecule has 2 amide bonds. The Morgan fingerprint density at radius 1 is 1.35 bits per heavy atom. The van der Waals surface area contributed by atoms with Crippen molar-refractivity contribution in [2.75, 3.05) is 31.5 Å². The van der Waals surface area contributed by atoms with E-state index in [2.05, 4.69) is 15.5 Å². The van der Waals surface area contributed by atoms with Crippen molar-refractivity contribution in [1.29, 1.82) is 0 Å². The molecular weight excluding hydrogens is 261 g/mol. The lowest BCUT2D eigenvalue weighted by molar-refractivity contribution is 0.125. The van der Waals surface area contributed by atoms with Crippen LogP contribution < -0.4 is 10.6 Å². The number of nitrogens with one attached hydrogen (secondary N) is 2. The highest BCUT2D eigenvalue weighted by Gasteiger charge is 2.16. The highest BCUT2D eigenvalue weighted by Crippen LogP contribution is 2.11. The minimum Gasteiger partial charge on any atom is -0.390 e. The molecule has 1 heterocycles. The minimum atomic E-state index is -0.612. The number of urea groups is 1. The predicted octanol–water partition coefficient (Wildman–Crippen LogP) is 1.40. The maximum atomic E-state index is 13.3. The Balaban J connectivity index is 1.70. The monoisotopic (exact) mass is 281 g/mol. The number of halogens is 1. The number of benzene rings is 1. The van der Waals surface area contributed by atoms with E-state index in [1.165, 1.54) is 12.1 Å². The lowest BCUT2D eigenvalue weighted by Crippen LogP contribution is -2.40. The summed E-state index contributed by atoms with van der Waals surface area (Å²) in [4.78, 5) is 13.8. The summed E-state index contributed by atoms with van der Waals surface area (Å²) in [5, 5.41) is 14.8. The van der Waals surface area contributed by atoms with Gasteiger partial charge in [0.15, 0.2) is 0 Å². The largest absolute Gasteiger partial charge is 0.390 e. The van der Waals surface area contributed by atoms with E-state index >= 15 is 0 Å². The highest BCUT2D eigenvalue weighted by molar-refractivity contribution is 5.89. The maximum Gasteiger partial charge on any atom is 0.319 e. The second-order valence-electron chi connectivity index (χ2n) is 4.98. The quantitative estimate of drug-likeness (QED) is 0.764. The van der Waals surface area contributed by atoms with Crippen LogP contribution in [0.25, 0.3) is 0 Å².